The van der Waals surface area contributed by atoms with E-state index in [1.165, 1.54) is 12.8 Å². The number of aliphatic hydroxyl groups is 2. The highest BCUT2D eigenvalue weighted by molar-refractivity contribution is 5.79. The number of esters is 2. The molecule has 5 saturated heterocycles. The van der Waals surface area contributed by atoms with Gasteiger partial charge in [-0.25, -0.2) is 0 Å². The molecule has 0 radical (unpaired) electrons. The van der Waals surface area contributed by atoms with E-state index in [1.807, 2.05) is 60.7 Å². The van der Waals surface area contributed by atoms with Crippen molar-refractivity contribution >= 4 is 11.9 Å². The summed E-state index contributed by atoms with van der Waals surface area (Å²) in [6.07, 6.45) is 6.52. The molecular formula is C34H44N2O7. The van der Waals surface area contributed by atoms with Crippen LogP contribution in [0.25, 0.3) is 0 Å². The number of aliphatic hydroxyl groups excluding tert-OH is 2. The topological polar surface area (TPSA) is 112 Å². The number of carbonyl (C=O) groups excluding carboxylic acids is 2. The Balaban J connectivity index is 0.000000153. The van der Waals surface area contributed by atoms with E-state index >= 15 is 0 Å². The van der Waals surface area contributed by atoms with Gasteiger partial charge in [-0.15, -0.1) is 0 Å². The molecule has 232 valence electrons. The number of nitrogens with zero attached hydrogens (tertiary/aromatic N) is 2. The van der Waals surface area contributed by atoms with Crippen LogP contribution in [0.3, 0.4) is 0 Å². The second kappa shape index (κ2) is 13.0. The maximum atomic E-state index is 12.4. The third kappa shape index (κ3) is 6.37. The van der Waals surface area contributed by atoms with Crippen molar-refractivity contribution in [2.75, 3.05) is 27.3 Å². The number of carbonyl (C=O) groups is 2. The van der Waals surface area contributed by atoms with Gasteiger partial charge in [0.15, 0.2) is 0 Å². The van der Waals surface area contributed by atoms with E-state index in [9.17, 15) is 19.8 Å². The summed E-state index contributed by atoms with van der Waals surface area (Å²) in [5, 5.41) is 19.1. The largest absolute Gasteiger partial charge is 0.462 e. The van der Waals surface area contributed by atoms with Gasteiger partial charge in [0.1, 0.15) is 36.3 Å². The van der Waals surface area contributed by atoms with Crippen LogP contribution in [-0.4, -0.2) is 108 Å². The number of benzene rings is 2. The van der Waals surface area contributed by atoms with Gasteiger partial charge in [-0.3, -0.25) is 14.5 Å². The first-order valence-corrected chi connectivity index (χ1v) is 15.7. The first kappa shape index (κ1) is 30.2. The summed E-state index contributed by atoms with van der Waals surface area (Å²) in [5.74, 6) is -1.78. The molecule has 5 fully saturated rings. The minimum absolute atomic E-state index is 0.00367. The molecule has 4 bridgehead atoms. The van der Waals surface area contributed by atoms with E-state index in [4.69, 9.17) is 14.2 Å². The van der Waals surface area contributed by atoms with E-state index in [0.29, 0.717) is 36.4 Å². The fourth-order valence-electron chi connectivity index (χ4n) is 7.75. The molecule has 43 heavy (non-hydrogen) atoms. The number of rotatable bonds is 8. The van der Waals surface area contributed by atoms with Crippen LogP contribution in [0.5, 0.6) is 0 Å². The zero-order chi connectivity index (χ0) is 30.1. The minimum atomic E-state index is -0.593. The number of hydrogen-bond donors (Lipinski definition) is 2. The third-order valence-corrected chi connectivity index (χ3v) is 10.3. The van der Waals surface area contributed by atoms with Crippen molar-refractivity contribution in [3.05, 3.63) is 71.8 Å². The normalized spacial score (nSPS) is 33.9. The summed E-state index contributed by atoms with van der Waals surface area (Å²) >= 11 is 0. The average molecular weight is 593 g/mol. The molecule has 5 aliphatic rings. The number of likely N-dealkylation sites (N-methyl/N-ethyl adjacent to an activating group) is 1. The molecule has 5 heterocycles. The maximum absolute atomic E-state index is 12.4. The molecule has 9 heteroatoms. The van der Waals surface area contributed by atoms with Crippen molar-refractivity contribution in [3.63, 3.8) is 0 Å². The number of epoxide rings is 1. The van der Waals surface area contributed by atoms with Gasteiger partial charge in [0, 0.05) is 37.0 Å². The summed E-state index contributed by atoms with van der Waals surface area (Å²) < 4.78 is 17.1. The van der Waals surface area contributed by atoms with Gasteiger partial charge >= 0.3 is 11.9 Å². The standard InChI is InChI=1S/C17H21NO4.C17H23NO3/c1-18-13-7-11(8-14(18)16-15(13)22-16)21-17(20)12(9-19)10-5-3-2-4-6-10;1-18-13-7-8-14(18)10-15(9-13)21-17(20)16(11-19)12-5-3-2-4-6-12/h2-6,11-16,19H,7-9H2,1H3;2-6,13-16,19H,7-11H2,1H3/t11?,12-,13-,14+,15-,16+;13-,14+,15?,16?/m1./s1. The fraction of sp³-hybridized carbons (Fsp3) is 0.588. The van der Waals surface area contributed by atoms with Crippen molar-refractivity contribution in [2.45, 2.75) is 98.9 Å². The molecular weight excluding hydrogens is 548 g/mol. The molecule has 0 aliphatic carbocycles. The van der Waals surface area contributed by atoms with Crippen LogP contribution in [-0.2, 0) is 23.8 Å². The second-order valence-electron chi connectivity index (χ2n) is 12.8. The van der Waals surface area contributed by atoms with Gasteiger partial charge in [0.25, 0.3) is 0 Å². The Labute approximate surface area is 253 Å². The highest BCUT2D eigenvalue weighted by Crippen LogP contribution is 2.48. The van der Waals surface area contributed by atoms with Crippen LogP contribution in [0, 0.1) is 0 Å². The average Bonchev–Trinajstić information content (AvgIpc) is 3.75. The molecule has 10 atom stereocenters. The Kier molecular flexibility index (Phi) is 9.16. The summed E-state index contributed by atoms with van der Waals surface area (Å²) in [4.78, 5) is 29.6. The van der Waals surface area contributed by atoms with Crippen molar-refractivity contribution in [2.24, 2.45) is 0 Å². The predicted molar refractivity (Wildman–Crippen MR) is 159 cm³/mol. The number of hydrogen-bond acceptors (Lipinski definition) is 9. The van der Waals surface area contributed by atoms with Crippen LogP contribution < -0.4 is 0 Å². The van der Waals surface area contributed by atoms with E-state index in [2.05, 4.69) is 23.9 Å². The summed E-state index contributed by atoms with van der Waals surface area (Å²) in [6, 6.07) is 20.5. The Bertz CT molecular complexity index is 1210. The lowest BCUT2D eigenvalue weighted by Crippen LogP contribution is -2.48. The summed E-state index contributed by atoms with van der Waals surface area (Å²) in [5.41, 5.74) is 1.62. The summed E-state index contributed by atoms with van der Waals surface area (Å²) in [6.45, 7) is -0.432. The quantitative estimate of drug-likeness (QED) is 0.353. The summed E-state index contributed by atoms with van der Waals surface area (Å²) in [7, 11) is 4.30. The Morgan fingerprint density at radius 3 is 1.56 bits per heavy atom. The molecule has 9 nitrogen and oxygen atoms in total. The van der Waals surface area contributed by atoms with Crippen LogP contribution in [0.2, 0.25) is 0 Å². The molecule has 0 spiro atoms. The molecule has 5 aliphatic heterocycles. The molecule has 2 N–H and O–H groups in total. The van der Waals surface area contributed by atoms with Gasteiger partial charge in [-0.1, -0.05) is 60.7 Å². The Morgan fingerprint density at radius 1 is 0.721 bits per heavy atom. The van der Waals surface area contributed by atoms with Crippen molar-refractivity contribution in [3.8, 4) is 0 Å². The number of ether oxygens (including phenoxy) is 3. The van der Waals surface area contributed by atoms with Crippen LogP contribution in [0.4, 0.5) is 0 Å². The predicted octanol–water partition coefficient (Wildman–Crippen LogP) is 2.85. The zero-order valence-corrected chi connectivity index (χ0v) is 25.0. The smallest absolute Gasteiger partial charge is 0.316 e. The first-order valence-electron chi connectivity index (χ1n) is 15.7. The maximum Gasteiger partial charge on any atom is 0.316 e. The van der Waals surface area contributed by atoms with Gasteiger partial charge in [0.05, 0.1) is 13.2 Å². The lowest BCUT2D eigenvalue weighted by molar-refractivity contribution is -0.157. The van der Waals surface area contributed by atoms with Crippen LogP contribution in [0.15, 0.2) is 60.7 Å². The Hall–Kier alpha value is -2.82. The fourth-order valence-corrected chi connectivity index (χ4v) is 7.75. The van der Waals surface area contributed by atoms with Gasteiger partial charge < -0.3 is 29.3 Å². The molecule has 2 aromatic rings. The van der Waals surface area contributed by atoms with E-state index < -0.39 is 11.8 Å². The monoisotopic (exact) mass is 592 g/mol. The molecule has 0 amide bonds. The Morgan fingerprint density at radius 2 is 1.14 bits per heavy atom. The lowest BCUT2D eigenvalue weighted by atomic mass is 9.97. The molecule has 0 saturated carbocycles. The van der Waals surface area contributed by atoms with Crippen LogP contribution >= 0.6 is 0 Å². The van der Waals surface area contributed by atoms with Crippen molar-refractivity contribution in [1.82, 2.24) is 9.80 Å². The lowest BCUT2D eigenvalue weighted by Gasteiger charge is -2.38. The zero-order valence-electron chi connectivity index (χ0n) is 25.0. The second-order valence-corrected chi connectivity index (χ2v) is 12.8. The van der Waals surface area contributed by atoms with E-state index in [-0.39, 0.29) is 37.4 Å². The van der Waals surface area contributed by atoms with Crippen LogP contribution in [0.1, 0.15) is 61.5 Å². The van der Waals surface area contributed by atoms with Crippen molar-refractivity contribution < 1.29 is 34.0 Å². The molecule has 3 unspecified atom stereocenters. The molecule has 7 rings (SSSR count). The highest BCUT2D eigenvalue weighted by atomic mass is 16.6. The van der Waals surface area contributed by atoms with E-state index in [1.54, 1.807) is 0 Å². The first-order chi connectivity index (χ1) is 20.9. The van der Waals surface area contributed by atoms with Gasteiger partial charge in [0.2, 0.25) is 0 Å². The van der Waals surface area contributed by atoms with Gasteiger partial charge in [-0.05, 0) is 50.9 Å². The van der Waals surface area contributed by atoms with Gasteiger partial charge in [-0.2, -0.15) is 0 Å². The van der Waals surface area contributed by atoms with E-state index in [0.717, 1.165) is 36.8 Å². The molecule has 0 aromatic heterocycles. The number of piperidine rings is 2. The number of morpholine rings is 1. The SMILES string of the molecule is CN1[C@@H]2CC(OC(=O)[C@H](CO)c3ccccc3)C[C@H]1[C@@H]1O[C@@H]12.CN1[C@@H]2CC[C@H]1CC(OC(=O)C(CO)c1ccccc1)C2. The third-order valence-electron chi connectivity index (χ3n) is 10.3. The molecule has 2 aromatic carbocycles. The minimum Gasteiger partial charge on any atom is -0.462 e. The highest BCUT2D eigenvalue weighted by Gasteiger charge is 2.62. The van der Waals surface area contributed by atoms with Crippen molar-refractivity contribution in [1.29, 1.82) is 0 Å². The number of fused-ring (bicyclic) bond motifs is 7.